The Bertz CT molecular complexity index is 489. The minimum absolute atomic E-state index is 0.0625. The fourth-order valence-corrected chi connectivity index (χ4v) is 3.72. The number of rotatable bonds is 10. The third-order valence-corrected chi connectivity index (χ3v) is 5.45. The summed E-state index contributed by atoms with van der Waals surface area (Å²) in [6.45, 7) is 4.43. The second-order valence-electron chi connectivity index (χ2n) is 7.58. The molecule has 1 fully saturated rings. The van der Waals surface area contributed by atoms with Crippen LogP contribution in [0.2, 0.25) is 0 Å². The molecule has 0 bridgehead atoms. The number of hydrogen-bond acceptors (Lipinski definition) is 3. The SMILES string of the molecule is CCCCCC[C@H]1CC[C@H](C(=O)Oc2ccc(CCCC)nc2)CC1. The van der Waals surface area contributed by atoms with E-state index in [-0.39, 0.29) is 11.9 Å². The first-order valence-electron chi connectivity index (χ1n) is 10.4. The summed E-state index contributed by atoms with van der Waals surface area (Å²) in [5.74, 6) is 1.42. The van der Waals surface area contributed by atoms with Gasteiger partial charge in [0.05, 0.1) is 12.1 Å². The molecule has 0 radical (unpaired) electrons. The molecule has 1 aliphatic rings. The van der Waals surface area contributed by atoms with Crippen molar-refractivity contribution < 1.29 is 9.53 Å². The number of ether oxygens (including phenoxy) is 1. The van der Waals surface area contributed by atoms with E-state index >= 15 is 0 Å². The van der Waals surface area contributed by atoms with Gasteiger partial charge >= 0.3 is 5.97 Å². The summed E-state index contributed by atoms with van der Waals surface area (Å²) in [4.78, 5) is 16.8. The van der Waals surface area contributed by atoms with Gasteiger partial charge < -0.3 is 4.74 Å². The standard InChI is InChI=1S/C22H35NO2/c1-3-5-7-8-9-18-11-13-19(14-12-18)22(24)25-21-16-15-20(23-17-21)10-6-4-2/h15-19H,3-14H2,1-2H3/t18-,19-. The number of aryl methyl sites for hydroxylation is 1. The van der Waals surface area contributed by atoms with Crippen molar-refractivity contribution in [1.82, 2.24) is 4.98 Å². The Morgan fingerprint density at radius 2 is 1.80 bits per heavy atom. The second-order valence-corrected chi connectivity index (χ2v) is 7.58. The molecule has 0 unspecified atom stereocenters. The zero-order valence-electron chi connectivity index (χ0n) is 16.1. The largest absolute Gasteiger partial charge is 0.425 e. The van der Waals surface area contributed by atoms with Crippen molar-refractivity contribution in [2.24, 2.45) is 11.8 Å². The van der Waals surface area contributed by atoms with Crippen LogP contribution in [0.5, 0.6) is 5.75 Å². The van der Waals surface area contributed by atoms with Gasteiger partial charge in [0.2, 0.25) is 0 Å². The smallest absolute Gasteiger partial charge is 0.314 e. The van der Waals surface area contributed by atoms with E-state index < -0.39 is 0 Å². The van der Waals surface area contributed by atoms with Crippen LogP contribution >= 0.6 is 0 Å². The lowest BCUT2D eigenvalue weighted by Gasteiger charge is -2.27. The van der Waals surface area contributed by atoms with Crippen LogP contribution in [0.1, 0.15) is 90.2 Å². The summed E-state index contributed by atoms with van der Waals surface area (Å²) in [5, 5.41) is 0. The molecule has 3 heteroatoms. The molecule has 0 saturated heterocycles. The van der Waals surface area contributed by atoms with Crippen molar-refractivity contribution >= 4 is 5.97 Å². The van der Waals surface area contributed by atoms with Gasteiger partial charge in [-0.3, -0.25) is 9.78 Å². The molecule has 0 atom stereocenters. The number of unbranched alkanes of at least 4 members (excludes halogenated alkanes) is 4. The molecule has 0 amide bonds. The average Bonchev–Trinajstić information content (AvgIpc) is 2.65. The maximum Gasteiger partial charge on any atom is 0.314 e. The molecular formula is C22H35NO2. The van der Waals surface area contributed by atoms with Crippen molar-refractivity contribution in [1.29, 1.82) is 0 Å². The second kappa shape index (κ2) is 11.3. The van der Waals surface area contributed by atoms with Gasteiger partial charge in [-0.2, -0.15) is 0 Å². The number of carbonyl (C=O) groups is 1. The Hall–Kier alpha value is -1.38. The summed E-state index contributed by atoms with van der Waals surface area (Å²) < 4.78 is 5.56. The Labute approximate surface area is 153 Å². The number of aromatic nitrogens is 1. The number of carbonyl (C=O) groups excluding carboxylic acids is 1. The van der Waals surface area contributed by atoms with Gasteiger partial charge in [-0.05, 0) is 56.6 Å². The van der Waals surface area contributed by atoms with Crippen LogP contribution in [0.3, 0.4) is 0 Å². The van der Waals surface area contributed by atoms with Crippen LogP contribution in [0.25, 0.3) is 0 Å². The molecule has 3 nitrogen and oxygen atoms in total. The zero-order valence-corrected chi connectivity index (χ0v) is 16.1. The molecule has 140 valence electrons. The van der Waals surface area contributed by atoms with E-state index in [1.54, 1.807) is 6.20 Å². The third-order valence-electron chi connectivity index (χ3n) is 5.45. The first-order valence-corrected chi connectivity index (χ1v) is 10.4. The van der Waals surface area contributed by atoms with Gasteiger partial charge in [0.25, 0.3) is 0 Å². The normalized spacial score (nSPS) is 20.4. The fourth-order valence-electron chi connectivity index (χ4n) is 3.72. The Morgan fingerprint density at radius 3 is 2.44 bits per heavy atom. The quantitative estimate of drug-likeness (QED) is 0.379. The highest BCUT2D eigenvalue weighted by Gasteiger charge is 2.27. The molecule has 1 aromatic heterocycles. The van der Waals surface area contributed by atoms with Crippen LogP contribution in [0.15, 0.2) is 18.3 Å². The molecule has 25 heavy (non-hydrogen) atoms. The van der Waals surface area contributed by atoms with Crippen LogP contribution in [-0.2, 0) is 11.2 Å². The van der Waals surface area contributed by atoms with Crippen molar-refractivity contribution in [3.8, 4) is 5.75 Å². The first-order chi connectivity index (χ1) is 12.2. The lowest BCUT2D eigenvalue weighted by Crippen LogP contribution is -2.25. The molecule has 0 aromatic carbocycles. The van der Waals surface area contributed by atoms with E-state index in [4.69, 9.17) is 4.74 Å². The van der Waals surface area contributed by atoms with Crippen molar-refractivity contribution in [3.63, 3.8) is 0 Å². The summed E-state index contributed by atoms with van der Waals surface area (Å²) in [5.41, 5.74) is 1.07. The predicted octanol–water partition coefficient (Wildman–Crippen LogP) is 6.11. The minimum Gasteiger partial charge on any atom is -0.425 e. The van der Waals surface area contributed by atoms with Crippen LogP contribution < -0.4 is 4.74 Å². The Kier molecular flexibility index (Phi) is 8.99. The van der Waals surface area contributed by atoms with Gasteiger partial charge in [0.15, 0.2) is 0 Å². The average molecular weight is 346 g/mol. The Balaban J connectivity index is 1.69. The van der Waals surface area contributed by atoms with Crippen molar-refractivity contribution in [3.05, 3.63) is 24.0 Å². The number of esters is 1. The van der Waals surface area contributed by atoms with E-state index in [0.29, 0.717) is 5.75 Å². The van der Waals surface area contributed by atoms with Gasteiger partial charge in [-0.25, -0.2) is 0 Å². The Morgan fingerprint density at radius 1 is 1.04 bits per heavy atom. The lowest BCUT2D eigenvalue weighted by atomic mass is 9.80. The lowest BCUT2D eigenvalue weighted by molar-refractivity contribution is -0.140. The fraction of sp³-hybridized carbons (Fsp3) is 0.727. The summed E-state index contributed by atoms with van der Waals surface area (Å²) in [6.07, 6.45) is 16.0. The maximum absolute atomic E-state index is 12.4. The van der Waals surface area contributed by atoms with Crippen LogP contribution in [-0.4, -0.2) is 11.0 Å². The molecule has 1 aliphatic carbocycles. The van der Waals surface area contributed by atoms with E-state index in [9.17, 15) is 4.79 Å². The summed E-state index contributed by atoms with van der Waals surface area (Å²) in [7, 11) is 0. The molecule has 1 aromatic rings. The molecular weight excluding hydrogens is 310 g/mol. The molecule has 0 aliphatic heterocycles. The monoisotopic (exact) mass is 345 g/mol. The summed E-state index contributed by atoms with van der Waals surface area (Å²) >= 11 is 0. The van der Waals surface area contributed by atoms with Crippen molar-refractivity contribution in [2.45, 2.75) is 90.9 Å². The molecule has 0 N–H and O–H groups in total. The molecule has 0 spiro atoms. The molecule has 2 rings (SSSR count). The van der Waals surface area contributed by atoms with Gasteiger partial charge in [0.1, 0.15) is 5.75 Å². The van der Waals surface area contributed by atoms with E-state index in [0.717, 1.165) is 37.3 Å². The van der Waals surface area contributed by atoms with E-state index in [1.807, 2.05) is 12.1 Å². The molecule has 1 saturated carbocycles. The number of hydrogen-bond donors (Lipinski definition) is 0. The van der Waals surface area contributed by atoms with Crippen molar-refractivity contribution in [2.75, 3.05) is 0 Å². The van der Waals surface area contributed by atoms with Gasteiger partial charge in [0, 0.05) is 5.69 Å². The summed E-state index contributed by atoms with van der Waals surface area (Å²) in [6, 6.07) is 3.86. The van der Waals surface area contributed by atoms with Crippen LogP contribution in [0.4, 0.5) is 0 Å². The van der Waals surface area contributed by atoms with E-state index in [1.165, 1.54) is 51.4 Å². The van der Waals surface area contributed by atoms with Gasteiger partial charge in [-0.15, -0.1) is 0 Å². The van der Waals surface area contributed by atoms with Crippen LogP contribution in [0, 0.1) is 11.8 Å². The number of pyridine rings is 1. The molecule has 1 heterocycles. The predicted molar refractivity (Wildman–Crippen MR) is 103 cm³/mol. The first kappa shape index (κ1) is 19.9. The van der Waals surface area contributed by atoms with Gasteiger partial charge in [-0.1, -0.05) is 52.4 Å². The zero-order chi connectivity index (χ0) is 17.9. The number of nitrogens with zero attached hydrogens (tertiary/aromatic N) is 1. The maximum atomic E-state index is 12.4. The topological polar surface area (TPSA) is 39.2 Å². The highest BCUT2D eigenvalue weighted by molar-refractivity contribution is 5.75. The van der Waals surface area contributed by atoms with E-state index in [2.05, 4.69) is 18.8 Å². The highest BCUT2D eigenvalue weighted by Crippen LogP contribution is 2.33. The minimum atomic E-state index is -0.0625. The highest BCUT2D eigenvalue weighted by atomic mass is 16.5. The third kappa shape index (κ3) is 7.17.